The molecular formula is C70H124O6. The molecule has 0 rings (SSSR count). The maximum Gasteiger partial charge on any atom is 0.306 e. The molecule has 0 saturated heterocycles. The lowest BCUT2D eigenvalue weighted by Gasteiger charge is -2.18. The van der Waals surface area contributed by atoms with Crippen molar-refractivity contribution in [2.45, 2.75) is 341 Å². The van der Waals surface area contributed by atoms with E-state index in [1.807, 2.05) is 6.08 Å². The normalized spacial score (nSPS) is 12.5. The van der Waals surface area contributed by atoms with E-state index in [0.717, 1.165) is 70.6 Å². The topological polar surface area (TPSA) is 78.9 Å². The summed E-state index contributed by atoms with van der Waals surface area (Å²) in [6.07, 6.45) is 83.7. The first-order valence-electron chi connectivity index (χ1n) is 32.9. The third-order valence-electron chi connectivity index (χ3n) is 14.5. The second kappa shape index (κ2) is 64.4. The summed E-state index contributed by atoms with van der Waals surface area (Å²) < 4.78 is 16.9. The predicted octanol–water partition coefficient (Wildman–Crippen LogP) is 22.5. The fourth-order valence-corrected chi connectivity index (χ4v) is 9.55. The van der Waals surface area contributed by atoms with Crippen molar-refractivity contribution in [1.29, 1.82) is 0 Å². The van der Waals surface area contributed by atoms with Gasteiger partial charge in [-0.3, -0.25) is 14.4 Å². The number of carbonyl (C=O) groups is 3. The maximum atomic E-state index is 12.9. The molecule has 1 atom stereocenters. The second-order valence-electron chi connectivity index (χ2n) is 22.0. The Morgan fingerprint density at radius 3 is 0.882 bits per heavy atom. The molecule has 0 fully saturated rings. The summed E-state index contributed by atoms with van der Waals surface area (Å²) in [5.74, 6) is -0.965. The van der Waals surface area contributed by atoms with Gasteiger partial charge in [0, 0.05) is 19.3 Å². The van der Waals surface area contributed by atoms with Crippen LogP contribution < -0.4 is 0 Å². The Morgan fingerprint density at radius 2 is 0.539 bits per heavy atom. The Bertz CT molecular complexity index is 1400. The van der Waals surface area contributed by atoms with Gasteiger partial charge in [-0.25, -0.2) is 0 Å². The van der Waals surface area contributed by atoms with Crippen LogP contribution in [0.4, 0.5) is 0 Å². The van der Waals surface area contributed by atoms with E-state index < -0.39 is 6.10 Å². The number of hydrogen-bond acceptors (Lipinski definition) is 6. The van der Waals surface area contributed by atoms with Crippen LogP contribution in [-0.4, -0.2) is 37.2 Å². The standard InChI is InChI=1S/C70H124O6/c1-4-7-10-13-16-19-22-25-27-29-31-33-35-37-38-40-42-45-48-51-54-57-60-63-69(72)75-66-67(65-74-68(71)62-59-56-53-50-47-44-24-21-18-15-12-9-6-3)76-70(73)64-61-58-55-52-49-46-43-41-39-36-34-32-30-28-26-23-20-17-14-11-8-5-2/h9,12,18,21-22,25,29,31,44,47,53,56,67H,4-8,10-11,13-17,19-20,23-24,26-28,30,32-43,45-46,48-52,54-55,57-66H2,1-3H3/b12-9-,21-18-,25-22-,31-29-,47-44-,56-53-. The van der Waals surface area contributed by atoms with Crippen LogP contribution in [0.1, 0.15) is 335 Å². The van der Waals surface area contributed by atoms with Crippen molar-refractivity contribution in [2.24, 2.45) is 0 Å². The zero-order valence-corrected chi connectivity index (χ0v) is 50.5. The zero-order valence-electron chi connectivity index (χ0n) is 50.5. The van der Waals surface area contributed by atoms with Crippen molar-refractivity contribution < 1.29 is 28.6 Å². The maximum absolute atomic E-state index is 12.9. The van der Waals surface area contributed by atoms with Gasteiger partial charge in [-0.2, -0.15) is 0 Å². The number of unbranched alkanes of at least 4 members (excludes halogenated alkanes) is 37. The fourth-order valence-electron chi connectivity index (χ4n) is 9.55. The van der Waals surface area contributed by atoms with Crippen molar-refractivity contribution in [3.8, 4) is 0 Å². The van der Waals surface area contributed by atoms with Gasteiger partial charge in [-0.1, -0.05) is 312 Å². The van der Waals surface area contributed by atoms with E-state index in [1.54, 1.807) is 0 Å². The first-order valence-corrected chi connectivity index (χ1v) is 32.9. The first-order chi connectivity index (χ1) is 37.5. The second-order valence-corrected chi connectivity index (χ2v) is 22.0. The summed E-state index contributed by atoms with van der Waals surface area (Å²) in [6, 6.07) is 0. The molecule has 0 amide bonds. The Kier molecular flexibility index (Phi) is 61.7. The van der Waals surface area contributed by atoms with Crippen molar-refractivity contribution >= 4 is 17.9 Å². The van der Waals surface area contributed by atoms with Gasteiger partial charge in [0.2, 0.25) is 0 Å². The lowest BCUT2D eigenvalue weighted by molar-refractivity contribution is -0.166. The number of esters is 3. The number of allylic oxidation sites excluding steroid dienone is 12. The van der Waals surface area contributed by atoms with E-state index in [2.05, 4.69) is 87.6 Å². The molecule has 1 unspecified atom stereocenters. The SMILES string of the molecule is CC/C=C\C/C=C\C/C=C\C/C=C\CCC(=O)OCC(COC(=O)CCCCCCCCCCCCC/C=C\C/C=C\CCCCCCC)OC(=O)CCCCCCCCCCCCCCCCCCCCCCCC. The molecule has 0 aliphatic heterocycles. The van der Waals surface area contributed by atoms with Gasteiger partial charge in [0.1, 0.15) is 13.2 Å². The van der Waals surface area contributed by atoms with Crippen LogP contribution in [0.2, 0.25) is 0 Å². The van der Waals surface area contributed by atoms with Crippen molar-refractivity contribution in [1.82, 2.24) is 0 Å². The van der Waals surface area contributed by atoms with Crippen LogP contribution in [0.25, 0.3) is 0 Å². The predicted molar refractivity (Wildman–Crippen MR) is 330 cm³/mol. The summed E-state index contributed by atoms with van der Waals surface area (Å²) >= 11 is 0. The van der Waals surface area contributed by atoms with Crippen LogP contribution >= 0.6 is 0 Å². The van der Waals surface area contributed by atoms with Gasteiger partial charge in [0.15, 0.2) is 6.10 Å². The monoisotopic (exact) mass is 1060 g/mol. The van der Waals surface area contributed by atoms with Crippen LogP contribution in [0, 0.1) is 0 Å². The molecule has 0 aromatic heterocycles. The summed E-state index contributed by atoms with van der Waals surface area (Å²) in [5, 5.41) is 0. The Labute approximate surface area is 472 Å². The Hall–Kier alpha value is -3.15. The van der Waals surface area contributed by atoms with Gasteiger partial charge in [0.05, 0.1) is 0 Å². The summed E-state index contributed by atoms with van der Waals surface area (Å²) in [7, 11) is 0. The minimum atomic E-state index is -0.804. The fraction of sp³-hybridized carbons (Fsp3) is 0.786. The van der Waals surface area contributed by atoms with E-state index in [4.69, 9.17) is 14.2 Å². The average Bonchev–Trinajstić information content (AvgIpc) is 3.42. The Morgan fingerprint density at radius 1 is 0.276 bits per heavy atom. The molecule has 6 heteroatoms. The Balaban J connectivity index is 4.32. The van der Waals surface area contributed by atoms with Crippen LogP contribution in [0.5, 0.6) is 0 Å². The molecule has 6 nitrogen and oxygen atoms in total. The molecule has 0 saturated carbocycles. The molecule has 0 N–H and O–H groups in total. The number of carbonyl (C=O) groups excluding carboxylic acids is 3. The van der Waals surface area contributed by atoms with Gasteiger partial charge >= 0.3 is 17.9 Å². The highest BCUT2D eigenvalue weighted by atomic mass is 16.6. The third-order valence-corrected chi connectivity index (χ3v) is 14.5. The van der Waals surface area contributed by atoms with Crippen molar-refractivity contribution in [3.63, 3.8) is 0 Å². The lowest BCUT2D eigenvalue weighted by Crippen LogP contribution is -2.30. The molecule has 0 aliphatic carbocycles. The van der Waals surface area contributed by atoms with Gasteiger partial charge in [0.25, 0.3) is 0 Å². The molecule has 0 heterocycles. The summed E-state index contributed by atoms with van der Waals surface area (Å²) in [4.78, 5) is 38.3. The van der Waals surface area contributed by atoms with E-state index in [1.165, 1.54) is 218 Å². The number of hydrogen-bond donors (Lipinski definition) is 0. The van der Waals surface area contributed by atoms with Crippen LogP contribution in [-0.2, 0) is 28.6 Å². The van der Waals surface area contributed by atoms with E-state index in [9.17, 15) is 14.4 Å². The first kappa shape index (κ1) is 72.8. The highest BCUT2D eigenvalue weighted by molar-refractivity contribution is 5.71. The molecule has 0 radical (unpaired) electrons. The van der Waals surface area contributed by atoms with Gasteiger partial charge < -0.3 is 14.2 Å². The lowest BCUT2D eigenvalue weighted by atomic mass is 10.0. The van der Waals surface area contributed by atoms with Crippen molar-refractivity contribution in [3.05, 3.63) is 72.9 Å². The highest BCUT2D eigenvalue weighted by Crippen LogP contribution is 2.17. The van der Waals surface area contributed by atoms with Gasteiger partial charge in [-0.15, -0.1) is 0 Å². The minimum Gasteiger partial charge on any atom is -0.462 e. The summed E-state index contributed by atoms with van der Waals surface area (Å²) in [6.45, 7) is 6.50. The molecule has 0 aromatic carbocycles. The molecule has 76 heavy (non-hydrogen) atoms. The third kappa shape index (κ3) is 61.7. The molecule has 0 bridgehead atoms. The van der Waals surface area contributed by atoms with Crippen molar-refractivity contribution in [2.75, 3.05) is 13.2 Å². The smallest absolute Gasteiger partial charge is 0.306 e. The molecule has 0 aromatic rings. The molecule has 0 aliphatic rings. The molecular weight excluding hydrogens is 937 g/mol. The zero-order chi connectivity index (χ0) is 55.0. The van der Waals surface area contributed by atoms with Gasteiger partial charge in [-0.05, 0) is 77.0 Å². The highest BCUT2D eigenvalue weighted by Gasteiger charge is 2.19. The van der Waals surface area contributed by atoms with E-state index >= 15 is 0 Å². The number of ether oxygens (including phenoxy) is 3. The minimum absolute atomic E-state index is 0.0955. The van der Waals surface area contributed by atoms with E-state index in [0.29, 0.717) is 19.3 Å². The largest absolute Gasteiger partial charge is 0.462 e. The average molecular weight is 1060 g/mol. The quantitative estimate of drug-likeness (QED) is 0.0261. The summed E-state index contributed by atoms with van der Waals surface area (Å²) in [5.41, 5.74) is 0. The number of rotatable bonds is 60. The van der Waals surface area contributed by atoms with Crippen LogP contribution in [0.15, 0.2) is 72.9 Å². The molecule has 0 spiro atoms. The van der Waals surface area contributed by atoms with E-state index in [-0.39, 0.29) is 37.5 Å². The van der Waals surface area contributed by atoms with Crippen LogP contribution in [0.3, 0.4) is 0 Å². The molecule has 440 valence electrons.